The Balaban J connectivity index is 1.86. The Bertz CT molecular complexity index is 787. The van der Waals surface area contributed by atoms with Crippen LogP contribution in [0, 0.1) is 5.82 Å². The van der Waals surface area contributed by atoms with Gasteiger partial charge in [-0.15, -0.1) is 0 Å². The number of primary amides is 1. The van der Waals surface area contributed by atoms with E-state index in [1.807, 2.05) is 0 Å². The standard InChI is InChI=1S/C17H20FN3O2/c18-11-4-5-15-14(7-11)16(22)8-12(20-15)10-21-6-2-1-3-13(21)9-17(19)23/h4-5,7-8,13H,1-3,6,9-10H2,(H2,19,23)(H,20,22)/t13-/m1/s1. The summed E-state index contributed by atoms with van der Waals surface area (Å²) in [4.78, 5) is 28.8. The van der Waals surface area contributed by atoms with E-state index in [1.165, 1.54) is 18.2 Å². The number of nitrogens with zero attached hydrogens (tertiary/aromatic N) is 1. The molecular formula is C17H20FN3O2. The third kappa shape index (κ3) is 3.59. The number of hydrogen-bond acceptors (Lipinski definition) is 3. The van der Waals surface area contributed by atoms with Gasteiger partial charge < -0.3 is 10.7 Å². The van der Waals surface area contributed by atoms with Crippen molar-refractivity contribution in [3.05, 3.63) is 46.0 Å². The molecule has 1 aromatic carbocycles. The first-order chi connectivity index (χ1) is 11.0. The predicted octanol–water partition coefficient (Wildman–Crippen LogP) is 1.90. The van der Waals surface area contributed by atoms with Crippen molar-refractivity contribution >= 4 is 16.8 Å². The molecule has 3 rings (SSSR count). The number of nitrogens with one attached hydrogen (secondary N) is 1. The molecule has 122 valence electrons. The van der Waals surface area contributed by atoms with Crippen LogP contribution in [0.2, 0.25) is 0 Å². The Morgan fingerprint density at radius 1 is 1.35 bits per heavy atom. The second-order valence-electron chi connectivity index (χ2n) is 6.14. The molecule has 1 amide bonds. The lowest BCUT2D eigenvalue weighted by Crippen LogP contribution is -2.41. The molecule has 2 heterocycles. The summed E-state index contributed by atoms with van der Waals surface area (Å²) in [6.45, 7) is 1.43. The second kappa shape index (κ2) is 6.50. The molecule has 1 aliphatic heterocycles. The molecule has 0 unspecified atom stereocenters. The van der Waals surface area contributed by atoms with Crippen molar-refractivity contribution in [1.82, 2.24) is 9.88 Å². The molecule has 6 heteroatoms. The third-order valence-electron chi connectivity index (χ3n) is 4.41. The molecule has 0 radical (unpaired) electrons. The van der Waals surface area contributed by atoms with Gasteiger partial charge in [0.2, 0.25) is 5.91 Å². The maximum atomic E-state index is 13.3. The molecule has 1 fully saturated rings. The van der Waals surface area contributed by atoms with Gasteiger partial charge in [0, 0.05) is 41.7 Å². The molecule has 0 spiro atoms. The molecule has 0 aliphatic carbocycles. The summed E-state index contributed by atoms with van der Waals surface area (Å²) < 4.78 is 13.3. The van der Waals surface area contributed by atoms with Gasteiger partial charge in [-0.2, -0.15) is 0 Å². The Hall–Kier alpha value is -2.21. The van der Waals surface area contributed by atoms with Crippen LogP contribution in [-0.4, -0.2) is 28.4 Å². The molecular weight excluding hydrogens is 297 g/mol. The van der Waals surface area contributed by atoms with Crippen molar-refractivity contribution in [2.24, 2.45) is 5.73 Å². The summed E-state index contributed by atoms with van der Waals surface area (Å²) in [7, 11) is 0. The number of hydrogen-bond donors (Lipinski definition) is 2. The SMILES string of the molecule is NC(=O)C[C@H]1CCCCN1Cc1cc(=O)c2cc(F)ccc2[nH]1. The van der Waals surface area contributed by atoms with Gasteiger partial charge in [-0.3, -0.25) is 14.5 Å². The summed E-state index contributed by atoms with van der Waals surface area (Å²) in [5.74, 6) is -0.724. The van der Waals surface area contributed by atoms with Gasteiger partial charge in [0.1, 0.15) is 5.82 Å². The molecule has 1 saturated heterocycles. The van der Waals surface area contributed by atoms with Gasteiger partial charge in [-0.05, 0) is 37.6 Å². The van der Waals surface area contributed by atoms with Crippen LogP contribution in [0.15, 0.2) is 29.1 Å². The van der Waals surface area contributed by atoms with Gasteiger partial charge >= 0.3 is 0 Å². The summed E-state index contributed by atoms with van der Waals surface area (Å²) in [5, 5.41) is 0.348. The van der Waals surface area contributed by atoms with E-state index in [4.69, 9.17) is 5.73 Å². The molecule has 1 atom stereocenters. The molecule has 5 nitrogen and oxygen atoms in total. The Morgan fingerprint density at radius 3 is 2.96 bits per heavy atom. The average molecular weight is 317 g/mol. The van der Waals surface area contributed by atoms with E-state index < -0.39 is 5.82 Å². The van der Waals surface area contributed by atoms with Gasteiger partial charge in [-0.25, -0.2) is 4.39 Å². The number of nitrogens with two attached hydrogens (primary N) is 1. The number of rotatable bonds is 4. The van der Waals surface area contributed by atoms with Gasteiger partial charge in [0.15, 0.2) is 5.43 Å². The number of aromatic nitrogens is 1. The zero-order valence-electron chi connectivity index (χ0n) is 12.8. The van der Waals surface area contributed by atoms with Crippen LogP contribution in [0.1, 0.15) is 31.4 Å². The van der Waals surface area contributed by atoms with Crippen LogP contribution in [0.25, 0.3) is 10.9 Å². The van der Waals surface area contributed by atoms with E-state index in [2.05, 4.69) is 9.88 Å². The maximum Gasteiger partial charge on any atom is 0.218 e. The van der Waals surface area contributed by atoms with Gasteiger partial charge in [-0.1, -0.05) is 6.42 Å². The van der Waals surface area contributed by atoms with Crippen LogP contribution in [-0.2, 0) is 11.3 Å². The van der Waals surface area contributed by atoms with Crippen molar-refractivity contribution < 1.29 is 9.18 Å². The van der Waals surface area contributed by atoms with Crippen molar-refractivity contribution in [2.75, 3.05) is 6.54 Å². The number of amides is 1. The highest BCUT2D eigenvalue weighted by Gasteiger charge is 2.24. The lowest BCUT2D eigenvalue weighted by Gasteiger charge is -2.35. The van der Waals surface area contributed by atoms with Gasteiger partial charge in [0.25, 0.3) is 0 Å². The fourth-order valence-corrected chi connectivity index (χ4v) is 3.31. The lowest BCUT2D eigenvalue weighted by molar-refractivity contribution is -0.119. The summed E-state index contributed by atoms with van der Waals surface area (Å²) in [6, 6.07) is 5.78. The molecule has 0 saturated carbocycles. The van der Waals surface area contributed by atoms with Crippen molar-refractivity contribution in [3.63, 3.8) is 0 Å². The minimum atomic E-state index is -0.423. The largest absolute Gasteiger partial charge is 0.370 e. The van der Waals surface area contributed by atoms with Crippen LogP contribution in [0.4, 0.5) is 4.39 Å². The molecule has 1 aromatic heterocycles. The Morgan fingerprint density at radius 2 is 2.17 bits per heavy atom. The number of piperidine rings is 1. The topological polar surface area (TPSA) is 79.2 Å². The molecule has 2 aromatic rings. The zero-order valence-corrected chi connectivity index (χ0v) is 12.8. The summed E-state index contributed by atoms with van der Waals surface area (Å²) in [6.07, 6.45) is 3.43. The number of aromatic amines is 1. The number of fused-ring (bicyclic) bond motifs is 1. The first-order valence-corrected chi connectivity index (χ1v) is 7.87. The van der Waals surface area contributed by atoms with Gasteiger partial charge in [0.05, 0.1) is 0 Å². The highest BCUT2D eigenvalue weighted by atomic mass is 19.1. The van der Waals surface area contributed by atoms with E-state index in [0.29, 0.717) is 23.9 Å². The normalized spacial score (nSPS) is 19.1. The van der Waals surface area contributed by atoms with Crippen molar-refractivity contribution in [2.45, 2.75) is 38.3 Å². The van der Waals surface area contributed by atoms with E-state index in [-0.39, 0.29) is 17.4 Å². The predicted molar refractivity (Wildman–Crippen MR) is 86.4 cm³/mol. The first-order valence-electron chi connectivity index (χ1n) is 7.87. The molecule has 23 heavy (non-hydrogen) atoms. The minimum absolute atomic E-state index is 0.119. The summed E-state index contributed by atoms with van der Waals surface area (Å²) >= 11 is 0. The maximum absolute atomic E-state index is 13.3. The van der Waals surface area contributed by atoms with Crippen LogP contribution < -0.4 is 11.2 Å². The quantitative estimate of drug-likeness (QED) is 0.904. The number of likely N-dealkylation sites (tertiary alicyclic amines) is 1. The smallest absolute Gasteiger partial charge is 0.218 e. The van der Waals surface area contributed by atoms with E-state index >= 15 is 0 Å². The molecule has 3 N–H and O–H groups in total. The average Bonchev–Trinajstić information content (AvgIpc) is 2.50. The second-order valence-corrected chi connectivity index (χ2v) is 6.14. The Labute approximate surface area is 133 Å². The van der Waals surface area contributed by atoms with E-state index in [9.17, 15) is 14.0 Å². The number of halogens is 1. The van der Waals surface area contributed by atoms with Crippen LogP contribution >= 0.6 is 0 Å². The number of benzene rings is 1. The van der Waals surface area contributed by atoms with Crippen molar-refractivity contribution in [1.29, 1.82) is 0 Å². The van der Waals surface area contributed by atoms with Crippen LogP contribution in [0.5, 0.6) is 0 Å². The monoisotopic (exact) mass is 317 g/mol. The highest BCUT2D eigenvalue weighted by molar-refractivity contribution is 5.78. The molecule has 0 bridgehead atoms. The third-order valence-corrected chi connectivity index (χ3v) is 4.41. The number of carbonyl (C=O) groups excluding carboxylic acids is 1. The minimum Gasteiger partial charge on any atom is -0.370 e. The van der Waals surface area contributed by atoms with E-state index in [0.717, 1.165) is 31.5 Å². The van der Waals surface area contributed by atoms with Crippen LogP contribution in [0.3, 0.4) is 0 Å². The fraction of sp³-hybridized carbons (Fsp3) is 0.412. The molecule has 1 aliphatic rings. The fourth-order valence-electron chi connectivity index (χ4n) is 3.31. The Kier molecular flexibility index (Phi) is 4.43. The number of H-pyrrole nitrogens is 1. The van der Waals surface area contributed by atoms with Crippen molar-refractivity contribution in [3.8, 4) is 0 Å². The number of pyridine rings is 1. The lowest BCUT2D eigenvalue weighted by atomic mass is 9.98. The zero-order chi connectivity index (χ0) is 16.4. The number of carbonyl (C=O) groups is 1. The summed E-state index contributed by atoms with van der Waals surface area (Å²) in [5.41, 5.74) is 6.53. The van der Waals surface area contributed by atoms with E-state index in [1.54, 1.807) is 6.07 Å². The first kappa shape index (κ1) is 15.7. The highest BCUT2D eigenvalue weighted by Crippen LogP contribution is 2.21.